The maximum absolute atomic E-state index is 11.9. The number of hydrogen-bond donors (Lipinski definition) is 2. The van der Waals surface area contributed by atoms with Crippen LogP contribution in [0.25, 0.3) is 0 Å². The van der Waals surface area contributed by atoms with E-state index in [2.05, 4.69) is 10.3 Å². The Bertz CT molecular complexity index is 560. The quantitative estimate of drug-likeness (QED) is 0.869. The van der Waals surface area contributed by atoms with Crippen LogP contribution in [0.5, 0.6) is 0 Å². The highest BCUT2D eigenvalue weighted by molar-refractivity contribution is 6.02. The molecule has 2 rings (SSSR count). The molecule has 6 heteroatoms. The fraction of sp³-hybridized carbons (Fsp3) is 0.231. The number of nitrogens with one attached hydrogen (secondary N) is 1. The molecule has 0 radical (unpaired) electrons. The Labute approximate surface area is 111 Å². The summed E-state index contributed by atoms with van der Waals surface area (Å²) in [6.45, 7) is 0.270. The Kier molecular flexibility index (Phi) is 3.82. The number of furan rings is 1. The minimum atomic E-state index is -0.320. The molecule has 0 fully saturated rings. The lowest BCUT2D eigenvalue weighted by Gasteiger charge is -2.11. The molecule has 0 aliphatic carbocycles. The molecule has 0 unspecified atom stereocenters. The molecule has 2 aromatic rings. The number of anilines is 2. The van der Waals surface area contributed by atoms with Crippen molar-refractivity contribution >= 4 is 17.4 Å². The molecule has 2 heterocycles. The SMILES string of the molecule is CN(C)c1ccc(NC(=O)c2ccc(CN)o2)cn1. The average molecular weight is 260 g/mol. The van der Waals surface area contributed by atoms with Crippen LogP contribution in [0.2, 0.25) is 0 Å². The summed E-state index contributed by atoms with van der Waals surface area (Å²) in [5.41, 5.74) is 6.03. The van der Waals surface area contributed by atoms with E-state index in [1.54, 1.807) is 24.4 Å². The Morgan fingerprint density at radius 2 is 2.16 bits per heavy atom. The summed E-state index contributed by atoms with van der Waals surface area (Å²) in [5, 5.41) is 2.71. The summed E-state index contributed by atoms with van der Waals surface area (Å²) in [6.07, 6.45) is 1.60. The van der Waals surface area contributed by atoms with Gasteiger partial charge in [-0.3, -0.25) is 4.79 Å². The summed E-state index contributed by atoms with van der Waals surface area (Å²) in [4.78, 5) is 18.0. The molecule has 0 spiro atoms. The van der Waals surface area contributed by atoms with Crippen LogP contribution in [-0.4, -0.2) is 25.0 Å². The van der Waals surface area contributed by atoms with Crippen LogP contribution >= 0.6 is 0 Å². The van der Waals surface area contributed by atoms with Gasteiger partial charge in [-0.1, -0.05) is 0 Å². The number of aromatic nitrogens is 1. The summed E-state index contributed by atoms with van der Waals surface area (Å²) < 4.78 is 5.26. The van der Waals surface area contributed by atoms with Crippen LogP contribution in [0.15, 0.2) is 34.9 Å². The van der Waals surface area contributed by atoms with Gasteiger partial charge in [0.15, 0.2) is 5.76 Å². The van der Waals surface area contributed by atoms with Crippen molar-refractivity contribution < 1.29 is 9.21 Å². The van der Waals surface area contributed by atoms with Crippen molar-refractivity contribution in [2.24, 2.45) is 5.73 Å². The van der Waals surface area contributed by atoms with Crippen molar-refractivity contribution in [2.75, 3.05) is 24.3 Å². The molecule has 19 heavy (non-hydrogen) atoms. The number of carbonyl (C=O) groups excluding carboxylic acids is 1. The van der Waals surface area contributed by atoms with Crippen LogP contribution in [0.1, 0.15) is 16.3 Å². The standard InChI is InChI=1S/C13H16N4O2/c1-17(2)12-6-3-9(8-15-12)16-13(18)11-5-4-10(7-14)19-11/h3-6,8H,7,14H2,1-2H3,(H,16,18). The minimum Gasteiger partial charge on any atom is -0.455 e. The molecule has 0 saturated carbocycles. The van der Waals surface area contributed by atoms with E-state index in [1.165, 1.54) is 0 Å². The second-order valence-corrected chi connectivity index (χ2v) is 4.22. The van der Waals surface area contributed by atoms with E-state index >= 15 is 0 Å². The predicted molar refractivity (Wildman–Crippen MR) is 73.1 cm³/mol. The van der Waals surface area contributed by atoms with Gasteiger partial charge in [0.05, 0.1) is 18.4 Å². The van der Waals surface area contributed by atoms with Gasteiger partial charge in [0.1, 0.15) is 11.6 Å². The Morgan fingerprint density at radius 3 is 2.68 bits per heavy atom. The molecule has 0 bridgehead atoms. The lowest BCUT2D eigenvalue weighted by Crippen LogP contribution is -2.13. The van der Waals surface area contributed by atoms with Crippen LogP contribution in [-0.2, 0) is 6.54 Å². The first-order chi connectivity index (χ1) is 9.10. The smallest absolute Gasteiger partial charge is 0.291 e. The monoisotopic (exact) mass is 260 g/mol. The van der Waals surface area contributed by atoms with Crippen molar-refractivity contribution in [2.45, 2.75) is 6.54 Å². The highest BCUT2D eigenvalue weighted by atomic mass is 16.4. The van der Waals surface area contributed by atoms with Gasteiger partial charge >= 0.3 is 0 Å². The predicted octanol–water partition coefficient (Wildman–Crippen LogP) is 1.45. The number of pyridine rings is 1. The lowest BCUT2D eigenvalue weighted by atomic mass is 10.3. The third-order valence-corrected chi connectivity index (χ3v) is 2.55. The molecule has 2 aromatic heterocycles. The molecule has 0 aliphatic rings. The fourth-order valence-corrected chi connectivity index (χ4v) is 1.53. The zero-order chi connectivity index (χ0) is 13.8. The molecule has 3 N–H and O–H groups in total. The van der Waals surface area contributed by atoms with Crippen LogP contribution in [0.4, 0.5) is 11.5 Å². The third kappa shape index (κ3) is 3.11. The minimum absolute atomic E-state index is 0.233. The number of amides is 1. The summed E-state index contributed by atoms with van der Waals surface area (Å²) in [7, 11) is 3.80. The fourth-order valence-electron chi connectivity index (χ4n) is 1.53. The zero-order valence-corrected chi connectivity index (χ0v) is 10.9. The Morgan fingerprint density at radius 1 is 1.37 bits per heavy atom. The largest absolute Gasteiger partial charge is 0.455 e. The van der Waals surface area contributed by atoms with Crippen LogP contribution in [0.3, 0.4) is 0 Å². The van der Waals surface area contributed by atoms with E-state index in [1.807, 2.05) is 25.1 Å². The highest BCUT2D eigenvalue weighted by Gasteiger charge is 2.11. The van der Waals surface area contributed by atoms with E-state index in [-0.39, 0.29) is 18.2 Å². The van der Waals surface area contributed by atoms with Crippen molar-refractivity contribution in [3.63, 3.8) is 0 Å². The van der Waals surface area contributed by atoms with Crippen molar-refractivity contribution in [1.82, 2.24) is 4.98 Å². The molecular weight excluding hydrogens is 244 g/mol. The van der Waals surface area contributed by atoms with Gasteiger partial charge in [0.25, 0.3) is 5.91 Å². The third-order valence-electron chi connectivity index (χ3n) is 2.55. The lowest BCUT2D eigenvalue weighted by molar-refractivity contribution is 0.0995. The van der Waals surface area contributed by atoms with Gasteiger partial charge in [-0.2, -0.15) is 0 Å². The van der Waals surface area contributed by atoms with Crippen molar-refractivity contribution in [3.8, 4) is 0 Å². The average Bonchev–Trinajstić information content (AvgIpc) is 2.88. The molecular formula is C13H16N4O2. The maximum Gasteiger partial charge on any atom is 0.291 e. The van der Waals surface area contributed by atoms with E-state index < -0.39 is 0 Å². The second kappa shape index (κ2) is 5.53. The van der Waals surface area contributed by atoms with E-state index in [0.29, 0.717) is 11.4 Å². The van der Waals surface area contributed by atoms with Crippen molar-refractivity contribution in [1.29, 1.82) is 0 Å². The summed E-state index contributed by atoms with van der Waals surface area (Å²) >= 11 is 0. The number of hydrogen-bond acceptors (Lipinski definition) is 5. The number of nitrogens with zero attached hydrogens (tertiary/aromatic N) is 2. The number of carbonyl (C=O) groups is 1. The van der Waals surface area contributed by atoms with E-state index in [4.69, 9.17) is 10.2 Å². The molecule has 6 nitrogen and oxygen atoms in total. The van der Waals surface area contributed by atoms with Crippen molar-refractivity contribution in [3.05, 3.63) is 42.0 Å². The molecule has 0 atom stereocenters. The Balaban J connectivity index is 2.06. The van der Waals surface area contributed by atoms with E-state index in [0.717, 1.165) is 5.82 Å². The maximum atomic E-state index is 11.9. The summed E-state index contributed by atoms with van der Waals surface area (Å²) in [6, 6.07) is 6.89. The first-order valence-corrected chi connectivity index (χ1v) is 5.83. The normalized spacial score (nSPS) is 10.3. The molecule has 100 valence electrons. The van der Waals surface area contributed by atoms with E-state index in [9.17, 15) is 4.79 Å². The topological polar surface area (TPSA) is 84.4 Å². The Hall–Kier alpha value is -2.34. The molecule has 0 aromatic carbocycles. The number of rotatable bonds is 4. The van der Waals surface area contributed by atoms with Gasteiger partial charge in [-0.15, -0.1) is 0 Å². The summed E-state index contributed by atoms with van der Waals surface area (Å²) in [5.74, 6) is 1.31. The van der Waals surface area contributed by atoms with Gasteiger partial charge in [-0.05, 0) is 24.3 Å². The zero-order valence-electron chi connectivity index (χ0n) is 10.9. The van der Waals surface area contributed by atoms with Gasteiger partial charge in [0.2, 0.25) is 0 Å². The molecule has 0 saturated heterocycles. The van der Waals surface area contributed by atoms with Crippen LogP contribution < -0.4 is 16.0 Å². The number of nitrogens with two attached hydrogens (primary N) is 1. The van der Waals surface area contributed by atoms with Gasteiger partial charge in [-0.25, -0.2) is 4.98 Å². The second-order valence-electron chi connectivity index (χ2n) is 4.22. The first kappa shape index (κ1) is 13.1. The first-order valence-electron chi connectivity index (χ1n) is 5.83. The molecule has 1 amide bonds. The van der Waals surface area contributed by atoms with Crippen LogP contribution in [0, 0.1) is 0 Å². The van der Waals surface area contributed by atoms with Gasteiger partial charge in [0, 0.05) is 14.1 Å². The molecule has 0 aliphatic heterocycles. The van der Waals surface area contributed by atoms with Gasteiger partial charge < -0.3 is 20.4 Å². The highest BCUT2D eigenvalue weighted by Crippen LogP contribution is 2.14.